The zero-order valence-electron chi connectivity index (χ0n) is 8.66. The molecule has 2 aliphatic rings. The van der Waals surface area contributed by atoms with Gasteiger partial charge in [-0.05, 0) is 24.9 Å². The van der Waals surface area contributed by atoms with E-state index in [9.17, 15) is 4.79 Å². The van der Waals surface area contributed by atoms with Crippen LogP contribution < -0.4 is 5.32 Å². The van der Waals surface area contributed by atoms with Crippen molar-refractivity contribution >= 4 is 5.97 Å². The van der Waals surface area contributed by atoms with E-state index in [0.29, 0.717) is 6.42 Å². The van der Waals surface area contributed by atoms with Gasteiger partial charge < -0.3 is 15.0 Å². The van der Waals surface area contributed by atoms with Crippen LogP contribution in [0.15, 0.2) is 0 Å². The van der Waals surface area contributed by atoms with Crippen molar-refractivity contribution in [3.05, 3.63) is 0 Å². The lowest BCUT2D eigenvalue weighted by Gasteiger charge is -2.15. The average molecular weight is 198 g/mol. The largest absolute Gasteiger partial charge is 0.469 e. The molecule has 0 spiro atoms. The molecule has 2 fully saturated rings. The van der Waals surface area contributed by atoms with E-state index in [1.165, 1.54) is 7.11 Å². The summed E-state index contributed by atoms with van der Waals surface area (Å²) in [7, 11) is 1.45. The van der Waals surface area contributed by atoms with Crippen molar-refractivity contribution in [2.75, 3.05) is 39.8 Å². The highest BCUT2D eigenvalue weighted by molar-refractivity contribution is 5.69. The van der Waals surface area contributed by atoms with E-state index in [1.54, 1.807) is 0 Å². The van der Waals surface area contributed by atoms with Gasteiger partial charge in [-0.15, -0.1) is 0 Å². The molecule has 4 heteroatoms. The number of nitrogens with one attached hydrogen (secondary N) is 1. The summed E-state index contributed by atoms with van der Waals surface area (Å²) < 4.78 is 4.63. The Hall–Kier alpha value is -0.610. The van der Waals surface area contributed by atoms with Crippen molar-refractivity contribution in [3.63, 3.8) is 0 Å². The smallest absolute Gasteiger partial charge is 0.306 e. The summed E-state index contributed by atoms with van der Waals surface area (Å²) in [6, 6.07) is 0. The number of hydrogen-bond acceptors (Lipinski definition) is 4. The fourth-order valence-electron chi connectivity index (χ4n) is 2.49. The van der Waals surface area contributed by atoms with Crippen LogP contribution in [0.4, 0.5) is 0 Å². The SMILES string of the molecule is COC(=O)CCN1CC2CNCC2C1. The van der Waals surface area contributed by atoms with E-state index in [2.05, 4.69) is 15.0 Å². The molecule has 2 rings (SSSR count). The van der Waals surface area contributed by atoms with Crippen LogP contribution in [0.25, 0.3) is 0 Å². The van der Waals surface area contributed by atoms with Gasteiger partial charge in [0.2, 0.25) is 0 Å². The van der Waals surface area contributed by atoms with E-state index in [-0.39, 0.29) is 5.97 Å². The van der Waals surface area contributed by atoms with E-state index < -0.39 is 0 Å². The minimum atomic E-state index is -0.0971. The molecule has 2 saturated heterocycles. The lowest BCUT2D eigenvalue weighted by molar-refractivity contribution is -0.140. The molecule has 0 bridgehead atoms. The molecule has 0 amide bonds. The van der Waals surface area contributed by atoms with Crippen LogP contribution >= 0.6 is 0 Å². The minimum absolute atomic E-state index is 0.0971. The highest BCUT2D eigenvalue weighted by Crippen LogP contribution is 2.25. The van der Waals surface area contributed by atoms with Crippen LogP contribution in [0.2, 0.25) is 0 Å². The third-order valence-corrected chi connectivity index (χ3v) is 3.32. The highest BCUT2D eigenvalue weighted by Gasteiger charge is 2.35. The Labute approximate surface area is 84.6 Å². The highest BCUT2D eigenvalue weighted by atomic mass is 16.5. The zero-order chi connectivity index (χ0) is 9.97. The van der Waals surface area contributed by atoms with Gasteiger partial charge >= 0.3 is 5.97 Å². The van der Waals surface area contributed by atoms with Crippen LogP contribution in [-0.2, 0) is 9.53 Å². The summed E-state index contributed by atoms with van der Waals surface area (Å²) in [6.45, 7) is 5.46. The van der Waals surface area contributed by atoms with Crippen LogP contribution in [0.1, 0.15) is 6.42 Å². The normalized spacial score (nSPS) is 31.8. The van der Waals surface area contributed by atoms with E-state index >= 15 is 0 Å². The van der Waals surface area contributed by atoms with Crippen molar-refractivity contribution in [1.29, 1.82) is 0 Å². The topological polar surface area (TPSA) is 41.6 Å². The van der Waals surface area contributed by atoms with Gasteiger partial charge in [0.1, 0.15) is 0 Å². The number of hydrogen-bond donors (Lipinski definition) is 1. The Morgan fingerprint density at radius 3 is 2.64 bits per heavy atom. The molecule has 2 heterocycles. The van der Waals surface area contributed by atoms with Gasteiger partial charge in [-0.25, -0.2) is 0 Å². The fourth-order valence-corrected chi connectivity index (χ4v) is 2.49. The fraction of sp³-hybridized carbons (Fsp3) is 0.900. The summed E-state index contributed by atoms with van der Waals surface area (Å²) in [4.78, 5) is 13.3. The number of methoxy groups -OCH3 is 1. The summed E-state index contributed by atoms with van der Waals surface area (Å²) in [6.07, 6.45) is 0.531. The number of carbonyl (C=O) groups is 1. The molecule has 80 valence electrons. The van der Waals surface area contributed by atoms with Crippen molar-refractivity contribution in [2.45, 2.75) is 6.42 Å². The Balaban J connectivity index is 1.71. The third kappa shape index (κ3) is 2.07. The second-order valence-corrected chi connectivity index (χ2v) is 4.26. The van der Waals surface area contributed by atoms with E-state index in [4.69, 9.17) is 0 Å². The van der Waals surface area contributed by atoms with Gasteiger partial charge in [0.15, 0.2) is 0 Å². The number of nitrogens with zero attached hydrogens (tertiary/aromatic N) is 1. The summed E-state index contributed by atoms with van der Waals surface area (Å²) in [5.41, 5.74) is 0. The number of rotatable bonds is 3. The molecular weight excluding hydrogens is 180 g/mol. The number of carbonyl (C=O) groups excluding carboxylic acids is 1. The predicted molar refractivity (Wildman–Crippen MR) is 52.9 cm³/mol. The number of likely N-dealkylation sites (tertiary alicyclic amines) is 1. The Morgan fingerprint density at radius 1 is 1.43 bits per heavy atom. The molecule has 2 unspecified atom stereocenters. The molecule has 0 aliphatic carbocycles. The van der Waals surface area contributed by atoms with Crippen LogP contribution in [-0.4, -0.2) is 50.7 Å². The van der Waals surface area contributed by atoms with Crippen LogP contribution in [0, 0.1) is 11.8 Å². The van der Waals surface area contributed by atoms with Gasteiger partial charge in [0, 0.05) is 19.6 Å². The molecular formula is C10H18N2O2. The zero-order valence-corrected chi connectivity index (χ0v) is 8.66. The molecule has 14 heavy (non-hydrogen) atoms. The van der Waals surface area contributed by atoms with Gasteiger partial charge in [0.05, 0.1) is 13.5 Å². The first-order valence-electron chi connectivity index (χ1n) is 5.29. The maximum Gasteiger partial charge on any atom is 0.306 e. The standard InChI is InChI=1S/C10H18N2O2/c1-14-10(13)2-3-12-6-8-4-11-5-9(8)7-12/h8-9,11H,2-7H2,1H3. The molecule has 0 radical (unpaired) electrons. The minimum Gasteiger partial charge on any atom is -0.469 e. The molecule has 1 N–H and O–H groups in total. The number of fused-ring (bicyclic) bond motifs is 1. The first-order chi connectivity index (χ1) is 6.79. The second-order valence-electron chi connectivity index (χ2n) is 4.26. The molecule has 2 aliphatic heterocycles. The summed E-state index contributed by atoms with van der Waals surface area (Å²) in [5, 5.41) is 3.40. The van der Waals surface area contributed by atoms with Gasteiger partial charge in [-0.2, -0.15) is 0 Å². The Bertz CT molecular complexity index is 208. The monoisotopic (exact) mass is 198 g/mol. The molecule has 2 atom stereocenters. The first kappa shape index (κ1) is 9.93. The average Bonchev–Trinajstić information content (AvgIpc) is 2.73. The van der Waals surface area contributed by atoms with Gasteiger partial charge in [0.25, 0.3) is 0 Å². The predicted octanol–water partition coefficient (Wildman–Crippen LogP) is -0.299. The van der Waals surface area contributed by atoms with Crippen LogP contribution in [0.5, 0.6) is 0 Å². The Morgan fingerprint density at radius 2 is 2.07 bits per heavy atom. The van der Waals surface area contributed by atoms with Crippen molar-refractivity contribution in [2.24, 2.45) is 11.8 Å². The van der Waals surface area contributed by atoms with E-state index in [0.717, 1.165) is 44.6 Å². The first-order valence-corrected chi connectivity index (χ1v) is 5.29. The number of ether oxygens (including phenoxy) is 1. The van der Waals surface area contributed by atoms with Crippen molar-refractivity contribution in [1.82, 2.24) is 10.2 Å². The number of esters is 1. The van der Waals surface area contributed by atoms with Crippen molar-refractivity contribution < 1.29 is 9.53 Å². The quantitative estimate of drug-likeness (QED) is 0.632. The second kappa shape index (κ2) is 4.28. The summed E-state index contributed by atoms with van der Waals surface area (Å²) >= 11 is 0. The maximum absolute atomic E-state index is 11.0. The lowest BCUT2D eigenvalue weighted by atomic mass is 10.0. The lowest BCUT2D eigenvalue weighted by Crippen LogP contribution is -2.28. The molecule has 4 nitrogen and oxygen atoms in total. The molecule has 0 aromatic heterocycles. The third-order valence-electron chi connectivity index (χ3n) is 3.32. The van der Waals surface area contributed by atoms with Crippen LogP contribution in [0.3, 0.4) is 0 Å². The Kier molecular flexibility index (Phi) is 3.03. The molecule has 0 aromatic carbocycles. The van der Waals surface area contributed by atoms with Crippen molar-refractivity contribution in [3.8, 4) is 0 Å². The van der Waals surface area contributed by atoms with Gasteiger partial charge in [-0.1, -0.05) is 0 Å². The van der Waals surface area contributed by atoms with Gasteiger partial charge in [-0.3, -0.25) is 4.79 Å². The maximum atomic E-state index is 11.0. The molecule has 0 saturated carbocycles. The van der Waals surface area contributed by atoms with E-state index in [1.807, 2.05) is 0 Å². The summed E-state index contributed by atoms with van der Waals surface area (Å²) in [5.74, 6) is 1.53. The molecule has 0 aromatic rings.